The maximum atomic E-state index is 10.7. The topological polar surface area (TPSA) is 105 Å². The molecule has 0 radical (unpaired) electrons. The molecule has 0 spiro atoms. The molecule has 2 aromatic rings. The number of benzene rings is 1. The number of hydrogen-bond acceptors (Lipinski definition) is 6. The molecular formula is C15H15N5O2. The van der Waals surface area contributed by atoms with Crippen LogP contribution in [0.25, 0.3) is 0 Å². The van der Waals surface area contributed by atoms with Crippen LogP contribution in [0.1, 0.15) is 22.4 Å². The molecule has 1 aromatic heterocycles. The Kier molecular flexibility index (Phi) is 4.63. The van der Waals surface area contributed by atoms with Gasteiger partial charge >= 0.3 is 0 Å². The molecule has 0 saturated carbocycles. The first-order valence-electron chi connectivity index (χ1n) is 6.74. The summed E-state index contributed by atoms with van der Waals surface area (Å²) in [4.78, 5) is 10.3. The number of aryl methyl sites for hydroxylation is 1. The normalized spacial score (nSPS) is 10.0. The molecule has 0 bridgehead atoms. The van der Waals surface area contributed by atoms with Crippen LogP contribution in [0, 0.1) is 35.3 Å². The average Bonchev–Trinajstić information content (AvgIpc) is 2.51. The maximum absolute atomic E-state index is 10.7. The van der Waals surface area contributed by atoms with Crippen LogP contribution in [0.4, 0.5) is 11.5 Å². The highest BCUT2D eigenvalue weighted by molar-refractivity contribution is 5.55. The molecule has 0 fully saturated rings. The van der Waals surface area contributed by atoms with Gasteiger partial charge in [-0.15, -0.1) is 5.10 Å². The van der Waals surface area contributed by atoms with Crippen molar-refractivity contribution >= 4 is 11.5 Å². The standard InChI is InChI=1S/C15H15N5O2/c1-10-11(2)18-19-15(14(10)9-16)17-7-6-12-4-3-5-13(8-12)20(21)22/h3-5,8H,6-7H2,1-2H3,(H,17,19). The highest BCUT2D eigenvalue weighted by Gasteiger charge is 2.10. The Morgan fingerprint density at radius 3 is 2.82 bits per heavy atom. The van der Waals surface area contributed by atoms with Crippen LogP contribution in [0.2, 0.25) is 0 Å². The molecule has 0 aliphatic carbocycles. The number of rotatable bonds is 5. The summed E-state index contributed by atoms with van der Waals surface area (Å²) in [6.45, 7) is 4.14. The molecule has 112 valence electrons. The number of non-ortho nitro benzene ring substituents is 1. The van der Waals surface area contributed by atoms with Crippen molar-refractivity contribution in [3.8, 4) is 6.07 Å². The Labute approximate surface area is 127 Å². The molecule has 1 aromatic carbocycles. The zero-order chi connectivity index (χ0) is 16.1. The van der Waals surface area contributed by atoms with Gasteiger partial charge in [0.25, 0.3) is 5.69 Å². The summed E-state index contributed by atoms with van der Waals surface area (Å²) in [5, 5.41) is 31.0. The number of nitro benzene ring substituents is 1. The van der Waals surface area contributed by atoms with E-state index in [-0.39, 0.29) is 5.69 Å². The lowest BCUT2D eigenvalue weighted by molar-refractivity contribution is -0.384. The fourth-order valence-corrected chi connectivity index (χ4v) is 2.02. The predicted molar refractivity (Wildman–Crippen MR) is 81.5 cm³/mol. The number of aromatic nitrogens is 2. The molecule has 0 saturated heterocycles. The average molecular weight is 297 g/mol. The number of nitriles is 1. The Morgan fingerprint density at radius 1 is 1.36 bits per heavy atom. The fourth-order valence-electron chi connectivity index (χ4n) is 2.02. The van der Waals surface area contributed by atoms with E-state index in [1.54, 1.807) is 19.1 Å². The maximum Gasteiger partial charge on any atom is 0.269 e. The van der Waals surface area contributed by atoms with Gasteiger partial charge in [0.1, 0.15) is 11.6 Å². The van der Waals surface area contributed by atoms with Gasteiger partial charge in [0, 0.05) is 18.7 Å². The Bertz CT molecular complexity index is 752. The third-order valence-electron chi connectivity index (χ3n) is 3.39. The number of hydrogen-bond donors (Lipinski definition) is 1. The summed E-state index contributed by atoms with van der Waals surface area (Å²) in [5.74, 6) is 0.441. The van der Waals surface area contributed by atoms with Gasteiger partial charge in [-0.05, 0) is 31.4 Å². The van der Waals surface area contributed by atoms with Crippen LogP contribution < -0.4 is 5.32 Å². The van der Waals surface area contributed by atoms with E-state index in [0.29, 0.717) is 24.3 Å². The molecule has 0 atom stereocenters. The first-order chi connectivity index (χ1) is 10.5. The molecule has 1 N–H and O–H groups in total. The lowest BCUT2D eigenvalue weighted by Gasteiger charge is -2.09. The summed E-state index contributed by atoms with van der Waals surface area (Å²) in [7, 11) is 0. The summed E-state index contributed by atoms with van der Waals surface area (Å²) in [6.07, 6.45) is 0.584. The summed E-state index contributed by atoms with van der Waals surface area (Å²) in [6, 6.07) is 8.60. The minimum absolute atomic E-state index is 0.0705. The number of anilines is 1. The highest BCUT2D eigenvalue weighted by Crippen LogP contribution is 2.17. The fraction of sp³-hybridized carbons (Fsp3) is 0.267. The largest absolute Gasteiger partial charge is 0.367 e. The van der Waals surface area contributed by atoms with Crippen molar-refractivity contribution in [2.24, 2.45) is 0 Å². The van der Waals surface area contributed by atoms with E-state index in [1.165, 1.54) is 6.07 Å². The summed E-state index contributed by atoms with van der Waals surface area (Å²) < 4.78 is 0. The minimum atomic E-state index is -0.417. The highest BCUT2D eigenvalue weighted by atomic mass is 16.6. The Morgan fingerprint density at radius 2 is 2.14 bits per heavy atom. The zero-order valence-electron chi connectivity index (χ0n) is 12.3. The quantitative estimate of drug-likeness (QED) is 0.671. The molecule has 2 rings (SSSR count). The van der Waals surface area contributed by atoms with Gasteiger partial charge in [-0.2, -0.15) is 10.4 Å². The van der Waals surface area contributed by atoms with E-state index < -0.39 is 4.92 Å². The second-order valence-electron chi connectivity index (χ2n) is 4.85. The third-order valence-corrected chi connectivity index (χ3v) is 3.39. The molecule has 0 aliphatic rings. The van der Waals surface area contributed by atoms with Crippen LogP contribution >= 0.6 is 0 Å². The van der Waals surface area contributed by atoms with Crippen molar-refractivity contribution in [1.29, 1.82) is 5.26 Å². The van der Waals surface area contributed by atoms with Crippen molar-refractivity contribution in [2.75, 3.05) is 11.9 Å². The van der Waals surface area contributed by atoms with E-state index in [0.717, 1.165) is 16.8 Å². The summed E-state index contributed by atoms with van der Waals surface area (Å²) in [5.41, 5.74) is 2.92. The Hall–Kier alpha value is -3.01. The second-order valence-corrected chi connectivity index (χ2v) is 4.85. The van der Waals surface area contributed by atoms with E-state index in [4.69, 9.17) is 0 Å². The van der Waals surface area contributed by atoms with Crippen LogP contribution in [0.5, 0.6) is 0 Å². The molecule has 22 heavy (non-hydrogen) atoms. The molecule has 7 nitrogen and oxygen atoms in total. The first-order valence-corrected chi connectivity index (χ1v) is 6.74. The predicted octanol–water partition coefficient (Wildman–Crippen LogP) is 2.53. The number of nitrogens with zero attached hydrogens (tertiary/aromatic N) is 4. The van der Waals surface area contributed by atoms with Crippen LogP contribution in [-0.2, 0) is 6.42 Å². The van der Waals surface area contributed by atoms with Crippen molar-refractivity contribution in [2.45, 2.75) is 20.3 Å². The second kappa shape index (κ2) is 6.63. The van der Waals surface area contributed by atoms with Gasteiger partial charge in [-0.25, -0.2) is 0 Å². The zero-order valence-corrected chi connectivity index (χ0v) is 12.3. The SMILES string of the molecule is Cc1nnc(NCCc2cccc([N+](=O)[O-])c2)c(C#N)c1C. The first kappa shape index (κ1) is 15.4. The molecule has 1 heterocycles. The van der Waals surface area contributed by atoms with E-state index in [1.807, 2.05) is 13.0 Å². The molecule has 0 aliphatic heterocycles. The smallest absolute Gasteiger partial charge is 0.269 e. The van der Waals surface area contributed by atoms with Crippen molar-refractivity contribution in [3.05, 3.63) is 56.8 Å². The summed E-state index contributed by atoms with van der Waals surface area (Å²) >= 11 is 0. The van der Waals surface area contributed by atoms with Gasteiger partial charge in [-0.1, -0.05) is 12.1 Å². The Balaban J connectivity index is 2.06. The van der Waals surface area contributed by atoms with Crippen molar-refractivity contribution in [1.82, 2.24) is 10.2 Å². The number of nitrogens with one attached hydrogen (secondary N) is 1. The van der Waals surface area contributed by atoms with Gasteiger partial charge in [0.2, 0.25) is 0 Å². The van der Waals surface area contributed by atoms with Gasteiger partial charge in [0.05, 0.1) is 10.6 Å². The lowest BCUT2D eigenvalue weighted by atomic mass is 10.1. The van der Waals surface area contributed by atoms with Crippen LogP contribution in [0.3, 0.4) is 0 Å². The third kappa shape index (κ3) is 3.35. The van der Waals surface area contributed by atoms with E-state index in [2.05, 4.69) is 21.6 Å². The van der Waals surface area contributed by atoms with Crippen LogP contribution in [0.15, 0.2) is 24.3 Å². The minimum Gasteiger partial charge on any atom is -0.367 e. The molecule has 7 heteroatoms. The van der Waals surface area contributed by atoms with Gasteiger partial charge in [-0.3, -0.25) is 10.1 Å². The van der Waals surface area contributed by atoms with E-state index in [9.17, 15) is 15.4 Å². The number of nitro groups is 1. The van der Waals surface area contributed by atoms with E-state index >= 15 is 0 Å². The molecule has 0 unspecified atom stereocenters. The van der Waals surface area contributed by atoms with Crippen molar-refractivity contribution < 1.29 is 4.92 Å². The van der Waals surface area contributed by atoms with Crippen molar-refractivity contribution in [3.63, 3.8) is 0 Å². The monoisotopic (exact) mass is 297 g/mol. The molecular weight excluding hydrogens is 282 g/mol. The molecule has 0 amide bonds. The van der Waals surface area contributed by atoms with Crippen LogP contribution in [-0.4, -0.2) is 21.7 Å². The van der Waals surface area contributed by atoms with Gasteiger partial charge in [0.15, 0.2) is 5.82 Å². The van der Waals surface area contributed by atoms with Gasteiger partial charge < -0.3 is 5.32 Å². The lowest BCUT2D eigenvalue weighted by Crippen LogP contribution is -2.10.